The lowest BCUT2D eigenvalue weighted by Crippen LogP contribution is -2.26. The van der Waals surface area contributed by atoms with E-state index in [1.54, 1.807) is 0 Å². The number of hydrogen-bond acceptors (Lipinski definition) is 2. The molecule has 0 fully saturated rings. The Bertz CT molecular complexity index is 721. The number of halogens is 1. The number of carbonyl (C=O) groups is 1. The fourth-order valence-electron chi connectivity index (χ4n) is 2.14. The predicted octanol–water partition coefficient (Wildman–Crippen LogP) is 4.61. The molecule has 2 aromatic carbocycles. The first-order valence-electron chi connectivity index (χ1n) is 6.70. The molecule has 0 radical (unpaired) electrons. The second kappa shape index (κ2) is 6.29. The van der Waals surface area contributed by atoms with E-state index < -0.39 is 0 Å². The maximum Gasteiger partial charge on any atom is 0.261 e. The number of alkyl halides is 1. The highest BCUT2D eigenvalue weighted by atomic mass is 35.5. The SMILES string of the molecule is O=C(NCC(Cl)c1ccccc1)c1cc2ccccc2s1. The summed E-state index contributed by atoms with van der Waals surface area (Å²) in [6.07, 6.45) is 0. The Hall–Kier alpha value is -1.84. The van der Waals surface area contributed by atoms with Crippen molar-refractivity contribution < 1.29 is 4.79 Å². The highest BCUT2D eigenvalue weighted by Gasteiger charge is 2.13. The molecular formula is C17H14ClNOS. The molecular weight excluding hydrogens is 302 g/mol. The van der Waals surface area contributed by atoms with Crippen molar-refractivity contribution in [3.05, 3.63) is 71.1 Å². The van der Waals surface area contributed by atoms with Crippen molar-refractivity contribution in [3.63, 3.8) is 0 Å². The van der Waals surface area contributed by atoms with E-state index >= 15 is 0 Å². The smallest absolute Gasteiger partial charge is 0.261 e. The highest BCUT2D eigenvalue weighted by Crippen LogP contribution is 2.25. The number of hydrogen-bond donors (Lipinski definition) is 1. The van der Waals surface area contributed by atoms with E-state index in [-0.39, 0.29) is 11.3 Å². The van der Waals surface area contributed by atoms with E-state index in [9.17, 15) is 4.79 Å². The van der Waals surface area contributed by atoms with E-state index in [2.05, 4.69) is 5.32 Å². The Morgan fingerprint density at radius 1 is 1.10 bits per heavy atom. The van der Waals surface area contributed by atoms with Crippen LogP contribution in [0.5, 0.6) is 0 Å². The molecule has 3 rings (SSSR count). The summed E-state index contributed by atoms with van der Waals surface area (Å²) in [6, 6.07) is 19.7. The molecule has 4 heteroatoms. The van der Waals surface area contributed by atoms with Gasteiger partial charge in [0.05, 0.1) is 10.3 Å². The van der Waals surface area contributed by atoms with Gasteiger partial charge in [-0.1, -0.05) is 48.5 Å². The molecule has 1 heterocycles. The van der Waals surface area contributed by atoms with Crippen LogP contribution in [0.1, 0.15) is 20.6 Å². The predicted molar refractivity (Wildman–Crippen MR) is 89.2 cm³/mol. The zero-order valence-corrected chi connectivity index (χ0v) is 12.8. The molecule has 1 aromatic heterocycles. The molecule has 1 N–H and O–H groups in total. The first-order valence-corrected chi connectivity index (χ1v) is 7.95. The molecule has 1 atom stereocenters. The van der Waals surface area contributed by atoms with Crippen LogP contribution >= 0.6 is 22.9 Å². The average molecular weight is 316 g/mol. The first kappa shape index (κ1) is 14.1. The van der Waals surface area contributed by atoms with Crippen molar-refractivity contribution in [2.45, 2.75) is 5.38 Å². The quantitative estimate of drug-likeness (QED) is 0.700. The summed E-state index contributed by atoms with van der Waals surface area (Å²) in [5, 5.41) is 3.78. The Labute approximate surface area is 132 Å². The zero-order chi connectivity index (χ0) is 14.7. The minimum absolute atomic E-state index is 0.0715. The van der Waals surface area contributed by atoms with Gasteiger partial charge in [-0.05, 0) is 23.1 Å². The van der Waals surface area contributed by atoms with Crippen LogP contribution in [-0.4, -0.2) is 12.5 Å². The summed E-state index contributed by atoms with van der Waals surface area (Å²) in [5.74, 6) is -0.0715. The van der Waals surface area contributed by atoms with Gasteiger partial charge in [-0.25, -0.2) is 0 Å². The van der Waals surface area contributed by atoms with Gasteiger partial charge in [-0.15, -0.1) is 22.9 Å². The molecule has 2 nitrogen and oxygen atoms in total. The van der Waals surface area contributed by atoms with Crippen molar-refractivity contribution in [1.82, 2.24) is 5.32 Å². The van der Waals surface area contributed by atoms with Crippen molar-refractivity contribution >= 4 is 38.9 Å². The zero-order valence-electron chi connectivity index (χ0n) is 11.3. The van der Waals surface area contributed by atoms with Gasteiger partial charge in [0.1, 0.15) is 0 Å². The summed E-state index contributed by atoms with van der Waals surface area (Å²) >= 11 is 7.80. The van der Waals surface area contributed by atoms with E-state index in [1.807, 2.05) is 60.7 Å². The normalized spacial score (nSPS) is 12.2. The third-order valence-corrected chi connectivity index (χ3v) is 4.77. The summed E-state index contributed by atoms with van der Waals surface area (Å²) in [7, 11) is 0. The second-order valence-electron chi connectivity index (χ2n) is 4.74. The molecule has 0 aliphatic rings. The highest BCUT2D eigenvalue weighted by molar-refractivity contribution is 7.20. The molecule has 0 saturated heterocycles. The van der Waals surface area contributed by atoms with E-state index in [4.69, 9.17) is 11.6 Å². The van der Waals surface area contributed by atoms with Gasteiger partial charge in [-0.2, -0.15) is 0 Å². The number of thiophene rings is 1. The lowest BCUT2D eigenvalue weighted by atomic mass is 10.1. The van der Waals surface area contributed by atoms with Gasteiger partial charge in [0, 0.05) is 11.2 Å². The van der Waals surface area contributed by atoms with Crippen LogP contribution in [-0.2, 0) is 0 Å². The van der Waals surface area contributed by atoms with Crippen LogP contribution in [0.15, 0.2) is 60.7 Å². The largest absolute Gasteiger partial charge is 0.350 e. The minimum Gasteiger partial charge on any atom is -0.350 e. The molecule has 0 aliphatic carbocycles. The Morgan fingerprint density at radius 3 is 2.57 bits per heavy atom. The van der Waals surface area contributed by atoms with E-state index in [1.165, 1.54) is 11.3 Å². The van der Waals surface area contributed by atoms with Crippen LogP contribution in [0.3, 0.4) is 0 Å². The van der Waals surface area contributed by atoms with Crippen molar-refractivity contribution in [2.75, 3.05) is 6.54 Å². The van der Waals surface area contributed by atoms with Crippen LogP contribution in [0.2, 0.25) is 0 Å². The summed E-state index contributed by atoms with van der Waals surface area (Å²) in [6.45, 7) is 0.415. The summed E-state index contributed by atoms with van der Waals surface area (Å²) in [5.41, 5.74) is 1.01. The Balaban J connectivity index is 1.66. The van der Waals surface area contributed by atoms with Crippen LogP contribution in [0.4, 0.5) is 0 Å². The number of nitrogens with one attached hydrogen (secondary N) is 1. The average Bonchev–Trinajstić information content (AvgIpc) is 2.97. The molecule has 0 saturated carbocycles. The Morgan fingerprint density at radius 2 is 1.81 bits per heavy atom. The summed E-state index contributed by atoms with van der Waals surface area (Å²) in [4.78, 5) is 12.9. The van der Waals surface area contributed by atoms with Gasteiger partial charge < -0.3 is 5.32 Å². The van der Waals surface area contributed by atoms with Crippen molar-refractivity contribution in [1.29, 1.82) is 0 Å². The monoisotopic (exact) mass is 315 g/mol. The van der Waals surface area contributed by atoms with Crippen LogP contribution in [0.25, 0.3) is 10.1 Å². The van der Waals surface area contributed by atoms with Crippen LogP contribution < -0.4 is 5.32 Å². The molecule has 1 amide bonds. The molecule has 21 heavy (non-hydrogen) atoms. The van der Waals surface area contributed by atoms with Gasteiger partial charge in [0.2, 0.25) is 0 Å². The molecule has 3 aromatic rings. The fraction of sp³-hybridized carbons (Fsp3) is 0.118. The van der Waals surface area contributed by atoms with Gasteiger partial charge in [0.15, 0.2) is 0 Å². The van der Waals surface area contributed by atoms with E-state index in [0.29, 0.717) is 11.4 Å². The lowest BCUT2D eigenvalue weighted by molar-refractivity contribution is 0.0957. The molecule has 106 valence electrons. The molecule has 1 unspecified atom stereocenters. The molecule has 0 spiro atoms. The minimum atomic E-state index is -0.218. The number of amides is 1. The Kier molecular flexibility index (Phi) is 4.23. The molecule has 0 aliphatic heterocycles. The number of rotatable bonds is 4. The van der Waals surface area contributed by atoms with Gasteiger partial charge >= 0.3 is 0 Å². The number of benzene rings is 2. The van der Waals surface area contributed by atoms with Gasteiger partial charge in [0.25, 0.3) is 5.91 Å². The lowest BCUT2D eigenvalue weighted by Gasteiger charge is -2.10. The topological polar surface area (TPSA) is 29.1 Å². The third kappa shape index (κ3) is 3.26. The van der Waals surface area contributed by atoms with Crippen molar-refractivity contribution in [3.8, 4) is 0 Å². The number of fused-ring (bicyclic) bond motifs is 1. The van der Waals surface area contributed by atoms with Gasteiger partial charge in [-0.3, -0.25) is 4.79 Å². The summed E-state index contributed by atoms with van der Waals surface area (Å²) < 4.78 is 1.12. The molecule has 0 bridgehead atoms. The third-order valence-electron chi connectivity index (χ3n) is 3.25. The van der Waals surface area contributed by atoms with Crippen molar-refractivity contribution in [2.24, 2.45) is 0 Å². The maximum absolute atomic E-state index is 12.2. The number of carbonyl (C=O) groups excluding carboxylic acids is 1. The second-order valence-corrected chi connectivity index (χ2v) is 6.35. The maximum atomic E-state index is 12.2. The standard InChI is InChI=1S/C17H14ClNOS/c18-14(12-6-2-1-3-7-12)11-19-17(20)16-10-13-8-4-5-9-15(13)21-16/h1-10,14H,11H2,(H,19,20). The first-order chi connectivity index (χ1) is 10.2. The van der Waals surface area contributed by atoms with Crippen LogP contribution in [0, 0.1) is 0 Å². The van der Waals surface area contributed by atoms with E-state index in [0.717, 1.165) is 15.6 Å². The fourth-order valence-corrected chi connectivity index (χ4v) is 3.34.